The van der Waals surface area contributed by atoms with Crippen molar-refractivity contribution in [2.75, 3.05) is 0 Å². The number of rotatable bonds is 6. The van der Waals surface area contributed by atoms with Crippen LogP contribution in [0.1, 0.15) is 25.0 Å². The molecule has 13 rings (SSSR count). The minimum atomic E-state index is -0.0332. The maximum atomic E-state index is 6.59. The van der Waals surface area contributed by atoms with Crippen LogP contribution in [0.2, 0.25) is 0 Å². The number of nitrogens with zero attached hydrogens (tertiary/aromatic N) is 3. The molecule has 5 heteroatoms. The van der Waals surface area contributed by atoms with Gasteiger partial charge in [0.2, 0.25) is 0 Å². The van der Waals surface area contributed by atoms with Gasteiger partial charge in [0, 0.05) is 43.7 Å². The molecule has 0 radical (unpaired) electrons. The quantitative estimate of drug-likeness (QED) is 0.167. The Labute approximate surface area is 375 Å². The van der Waals surface area contributed by atoms with Crippen LogP contribution in [-0.2, 0) is 5.41 Å². The number of hydrogen-bond acceptors (Lipinski definition) is 5. The molecule has 0 saturated heterocycles. The van der Waals surface area contributed by atoms with Crippen LogP contribution in [0, 0.1) is 0 Å². The molecule has 0 amide bonds. The summed E-state index contributed by atoms with van der Waals surface area (Å²) in [5.41, 5.74) is 17.9. The van der Waals surface area contributed by atoms with Gasteiger partial charge in [0.15, 0.2) is 17.5 Å². The highest BCUT2D eigenvalue weighted by Gasteiger charge is 2.35. The molecule has 5 nitrogen and oxygen atoms in total. The Balaban J connectivity index is 0.969. The number of fused-ring (bicyclic) bond motifs is 9. The van der Waals surface area contributed by atoms with Crippen molar-refractivity contribution < 1.29 is 8.83 Å². The van der Waals surface area contributed by atoms with Crippen LogP contribution in [0.15, 0.2) is 209 Å². The fourth-order valence-electron chi connectivity index (χ4n) is 10.1. The fourth-order valence-corrected chi connectivity index (χ4v) is 10.1. The van der Waals surface area contributed by atoms with E-state index in [1.807, 2.05) is 48.5 Å². The van der Waals surface area contributed by atoms with Gasteiger partial charge in [-0.05, 0) is 104 Å². The topological polar surface area (TPSA) is 65.0 Å². The molecule has 1 aliphatic carbocycles. The van der Waals surface area contributed by atoms with Crippen LogP contribution >= 0.6 is 0 Å². The summed E-state index contributed by atoms with van der Waals surface area (Å²) in [4.78, 5) is 15.8. The zero-order valence-corrected chi connectivity index (χ0v) is 35.7. The standard InChI is InChI=1S/C60H39N3O2/c1-60(2)49-24-8-6-20-43(49)47-34-40(28-30-50(47)60)38-17-10-18-39(32-38)41-29-31-52-48(35-41)56-46(23-13-27-54(56)65-52)59-62-57(42-19-11-16-37(33-42)36-14-4-3-5-15-36)61-58(63-59)45-22-12-26-53-55(45)44-21-7-9-25-51(44)64-53/h3-35H,1-2H3. The molecule has 0 unspecified atom stereocenters. The average Bonchev–Trinajstić information content (AvgIpc) is 4.01. The van der Waals surface area contributed by atoms with Gasteiger partial charge in [-0.3, -0.25) is 0 Å². The van der Waals surface area contributed by atoms with Crippen LogP contribution in [0.3, 0.4) is 0 Å². The van der Waals surface area contributed by atoms with Crippen molar-refractivity contribution in [3.63, 3.8) is 0 Å². The van der Waals surface area contributed by atoms with Crippen LogP contribution < -0.4 is 0 Å². The Morgan fingerprint density at radius 3 is 1.54 bits per heavy atom. The second kappa shape index (κ2) is 14.3. The van der Waals surface area contributed by atoms with Crippen molar-refractivity contribution in [2.24, 2.45) is 0 Å². The predicted octanol–water partition coefficient (Wildman–Crippen LogP) is 16.0. The molecular weight excluding hydrogens is 795 g/mol. The van der Waals surface area contributed by atoms with Gasteiger partial charge in [-0.2, -0.15) is 0 Å². The lowest BCUT2D eigenvalue weighted by atomic mass is 9.82. The summed E-state index contributed by atoms with van der Waals surface area (Å²) in [6, 6.07) is 70.3. The lowest BCUT2D eigenvalue weighted by molar-refractivity contribution is 0.660. The van der Waals surface area contributed by atoms with E-state index in [1.54, 1.807) is 0 Å². The van der Waals surface area contributed by atoms with Crippen molar-refractivity contribution in [3.05, 3.63) is 211 Å². The molecule has 0 atom stereocenters. The van der Waals surface area contributed by atoms with Gasteiger partial charge < -0.3 is 8.83 Å². The lowest BCUT2D eigenvalue weighted by Gasteiger charge is -2.21. The highest BCUT2D eigenvalue weighted by Crippen LogP contribution is 2.50. The Morgan fingerprint density at radius 2 is 0.785 bits per heavy atom. The van der Waals surface area contributed by atoms with Crippen molar-refractivity contribution in [1.29, 1.82) is 0 Å². The Kier molecular flexibility index (Phi) is 8.18. The van der Waals surface area contributed by atoms with Gasteiger partial charge in [-0.25, -0.2) is 15.0 Å². The number of hydrogen-bond donors (Lipinski definition) is 0. The molecule has 0 bridgehead atoms. The summed E-state index contributed by atoms with van der Waals surface area (Å²) in [6.07, 6.45) is 0. The van der Waals surface area contributed by atoms with Gasteiger partial charge >= 0.3 is 0 Å². The van der Waals surface area contributed by atoms with E-state index >= 15 is 0 Å². The summed E-state index contributed by atoms with van der Waals surface area (Å²) < 4.78 is 12.9. The zero-order valence-electron chi connectivity index (χ0n) is 35.7. The van der Waals surface area contributed by atoms with Crippen LogP contribution in [0.25, 0.3) is 123 Å². The third-order valence-electron chi connectivity index (χ3n) is 13.4. The maximum absolute atomic E-state index is 6.59. The molecule has 0 saturated carbocycles. The third-order valence-corrected chi connectivity index (χ3v) is 13.4. The molecule has 9 aromatic carbocycles. The van der Waals surface area contributed by atoms with Gasteiger partial charge in [-0.15, -0.1) is 0 Å². The minimum Gasteiger partial charge on any atom is -0.456 e. The summed E-state index contributed by atoms with van der Waals surface area (Å²) in [5, 5.41) is 3.93. The summed E-state index contributed by atoms with van der Waals surface area (Å²) >= 11 is 0. The Morgan fingerprint density at radius 1 is 0.308 bits per heavy atom. The lowest BCUT2D eigenvalue weighted by Crippen LogP contribution is -2.14. The highest BCUT2D eigenvalue weighted by atomic mass is 16.3. The van der Waals surface area contributed by atoms with Crippen molar-refractivity contribution >= 4 is 43.9 Å². The van der Waals surface area contributed by atoms with Gasteiger partial charge in [0.1, 0.15) is 22.3 Å². The fraction of sp³-hybridized carbons (Fsp3) is 0.0500. The molecular formula is C60H39N3O2. The minimum absolute atomic E-state index is 0.0332. The van der Waals surface area contributed by atoms with E-state index in [0.29, 0.717) is 17.5 Å². The first-order valence-electron chi connectivity index (χ1n) is 22.1. The molecule has 12 aromatic rings. The van der Waals surface area contributed by atoms with Crippen molar-refractivity contribution in [2.45, 2.75) is 19.3 Å². The van der Waals surface area contributed by atoms with Crippen molar-refractivity contribution in [3.8, 4) is 78.7 Å². The molecule has 1 aliphatic rings. The molecule has 0 fully saturated rings. The van der Waals surface area contributed by atoms with Crippen molar-refractivity contribution in [1.82, 2.24) is 15.0 Å². The predicted molar refractivity (Wildman–Crippen MR) is 265 cm³/mol. The first-order valence-corrected chi connectivity index (χ1v) is 22.1. The number of aromatic nitrogens is 3. The van der Waals surface area contributed by atoms with E-state index in [9.17, 15) is 0 Å². The smallest absolute Gasteiger partial charge is 0.164 e. The molecule has 306 valence electrons. The van der Waals surface area contributed by atoms with Gasteiger partial charge in [-0.1, -0.05) is 166 Å². The number of furan rings is 2. The largest absolute Gasteiger partial charge is 0.456 e. The average molecular weight is 834 g/mol. The summed E-state index contributed by atoms with van der Waals surface area (Å²) in [6.45, 7) is 4.65. The second-order valence-electron chi connectivity index (χ2n) is 17.5. The summed E-state index contributed by atoms with van der Waals surface area (Å²) in [7, 11) is 0. The van der Waals surface area contributed by atoms with Crippen LogP contribution in [0.5, 0.6) is 0 Å². The molecule has 3 aromatic heterocycles. The third kappa shape index (κ3) is 5.97. The zero-order chi connectivity index (χ0) is 43.2. The second-order valence-corrected chi connectivity index (χ2v) is 17.5. The maximum Gasteiger partial charge on any atom is 0.164 e. The summed E-state index contributed by atoms with van der Waals surface area (Å²) in [5.74, 6) is 1.70. The van der Waals surface area contributed by atoms with E-state index in [-0.39, 0.29) is 5.41 Å². The Hall–Kier alpha value is -8.41. The Bertz CT molecular complexity index is 3880. The van der Waals surface area contributed by atoms with E-state index in [2.05, 4.69) is 166 Å². The van der Waals surface area contributed by atoms with E-state index in [1.165, 1.54) is 33.4 Å². The van der Waals surface area contributed by atoms with E-state index in [4.69, 9.17) is 23.8 Å². The first-order chi connectivity index (χ1) is 31.9. The molecule has 65 heavy (non-hydrogen) atoms. The van der Waals surface area contributed by atoms with Crippen LogP contribution in [-0.4, -0.2) is 15.0 Å². The SMILES string of the molecule is CC1(C)c2ccccc2-c2cc(-c3cccc(-c4ccc5oc6cccc(-c7nc(-c8cccc(-c9ccccc9)c8)nc(-c8cccc9oc%10ccccc%10c89)n7)c6c5c4)c3)ccc21. The van der Waals surface area contributed by atoms with Gasteiger partial charge in [0.25, 0.3) is 0 Å². The normalized spacial score (nSPS) is 12.9. The molecule has 3 heterocycles. The molecule has 0 aliphatic heterocycles. The molecule has 0 spiro atoms. The molecule has 0 N–H and O–H groups in total. The van der Waals surface area contributed by atoms with E-state index in [0.717, 1.165) is 82.8 Å². The van der Waals surface area contributed by atoms with E-state index < -0.39 is 0 Å². The number of benzene rings is 9. The monoisotopic (exact) mass is 833 g/mol. The van der Waals surface area contributed by atoms with Crippen LogP contribution in [0.4, 0.5) is 0 Å². The first kappa shape index (κ1) is 37.2. The van der Waals surface area contributed by atoms with Gasteiger partial charge in [0.05, 0.1) is 0 Å². The number of para-hydroxylation sites is 1. The highest BCUT2D eigenvalue weighted by molar-refractivity contribution is 6.14.